The second kappa shape index (κ2) is 7.81. The average molecular weight is 441 g/mol. The summed E-state index contributed by atoms with van der Waals surface area (Å²) in [6.45, 7) is 2.48. The summed E-state index contributed by atoms with van der Waals surface area (Å²) in [6, 6.07) is 13.3. The van der Waals surface area contributed by atoms with Crippen molar-refractivity contribution in [1.29, 1.82) is 0 Å². The first-order valence-corrected chi connectivity index (χ1v) is 9.39. The van der Waals surface area contributed by atoms with Crippen LogP contribution in [0.3, 0.4) is 0 Å². The molecule has 0 aliphatic heterocycles. The Morgan fingerprint density at radius 2 is 2.04 bits per heavy atom. The molecule has 0 saturated heterocycles. The van der Waals surface area contributed by atoms with Crippen molar-refractivity contribution in [3.05, 3.63) is 53.1 Å². The zero-order chi connectivity index (χ0) is 19.5. The van der Waals surface area contributed by atoms with Crippen molar-refractivity contribution in [3.63, 3.8) is 0 Å². The maximum Gasteiger partial charge on any atom is 0.229 e. The van der Waals surface area contributed by atoms with Crippen LogP contribution in [0.4, 0.5) is 11.6 Å². The number of ether oxygens (including phenoxy) is 2. The van der Waals surface area contributed by atoms with Gasteiger partial charge in [-0.3, -0.25) is 0 Å². The summed E-state index contributed by atoms with van der Waals surface area (Å²) in [6.07, 6.45) is 1.64. The van der Waals surface area contributed by atoms with Crippen LogP contribution < -0.4 is 14.8 Å². The van der Waals surface area contributed by atoms with E-state index < -0.39 is 0 Å². The SMILES string of the molecule is CCOc1ccc(-n2nnc3cnc(Nc4cccc(Br)c4)nc32)cc1OC. The molecule has 0 aliphatic rings. The second-order valence-corrected chi connectivity index (χ2v) is 6.72. The Labute approximate surface area is 169 Å². The number of aromatic nitrogens is 5. The molecule has 0 amide bonds. The number of methoxy groups -OCH3 is 1. The molecule has 28 heavy (non-hydrogen) atoms. The van der Waals surface area contributed by atoms with Gasteiger partial charge in [0.25, 0.3) is 0 Å². The molecule has 2 aromatic heterocycles. The van der Waals surface area contributed by atoms with Crippen LogP contribution in [0.15, 0.2) is 53.1 Å². The van der Waals surface area contributed by atoms with E-state index in [1.54, 1.807) is 18.0 Å². The fourth-order valence-electron chi connectivity index (χ4n) is 2.72. The second-order valence-electron chi connectivity index (χ2n) is 5.81. The molecule has 0 radical (unpaired) electrons. The van der Waals surface area contributed by atoms with Crippen LogP contribution in [0, 0.1) is 0 Å². The lowest BCUT2D eigenvalue weighted by Gasteiger charge is -2.11. The first kappa shape index (κ1) is 18.2. The Hall–Kier alpha value is -3.20. The summed E-state index contributed by atoms with van der Waals surface area (Å²) in [5.74, 6) is 1.74. The number of nitrogens with zero attached hydrogens (tertiary/aromatic N) is 5. The van der Waals surface area contributed by atoms with Gasteiger partial charge in [-0.05, 0) is 37.3 Å². The minimum Gasteiger partial charge on any atom is -0.493 e. The van der Waals surface area contributed by atoms with Crippen molar-refractivity contribution >= 4 is 38.7 Å². The third-order valence-electron chi connectivity index (χ3n) is 3.96. The van der Waals surface area contributed by atoms with Crippen molar-refractivity contribution in [2.24, 2.45) is 0 Å². The molecule has 0 unspecified atom stereocenters. The molecule has 9 heteroatoms. The first-order chi connectivity index (χ1) is 13.7. The molecule has 2 heterocycles. The smallest absolute Gasteiger partial charge is 0.229 e. The zero-order valence-electron chi connectivity index (χ0n) is 15.3. The molecule has 4 rings (SSSR count). The molecule has 0 aliphatic carbocycles. The summed E-state index contributed by atoms with van der Waals surface area (Å²) in [7, 11) is 1.60. The first-order valence-electron chi connectivity index (χ1n) is 8.60. The third-order valence-corrected chi connectivity index (χ3v) is 4.46. The van der Waals surface area contributed by atoms with Gasteiger partial charge in [0, 0.05) is 16.2 Å². The molecule has 2 aromatic carbocycles. The number of hydrogen-bond acceptors (Lipinski definition) is 7. The standard InChI is InChI=1S/C19H17BrN6O2/c1-3-28-16-8-7-14(10-17(16)27-2)26-18-15(24-25-26)11-21-19(23-18)22-13-6-4-5-12(20)9-13/h4-11H,3H2,1-2H3,(H,21,22,23). The maximum absolute atomic E-state index is 5.57. The van der Waals surface area contributed by atoms with Gasteiger partial charge in [-0.25, -0.2) is 4.98 Å². The Bertz CT molecular complexity index is 1130. The highest BCUT2D eigenvalue weighted by molar-refractivity contribution is 9.10. The van der Waals surface area contributed by atoms with E-state index in [-0.39, 0.29) is 0 Å². The molecule has 0 atom stereocenters. The monoisotopic (exact) mass is 440 g/mol. The summed E-state index contributed by atoms with van der Waals surface area (Å²) in [4.78, 5) is 8.89. The van der Waals surface area contributed by atoms with Crippen molar-refractivity contribution in [1.82, 2.24) is 25.0 Å². The molecular formula is C19H17BrN6O2. The topological polar surface area (TPSA) is 87.0 Å². The number of nitrogens with one attached hydrogen (secondary N) is 1. The molecule has 0 spiro atoms. The van der Waals surface area contributed by atoms with Crippen molar-refractivity contribution < 1.29 is 9.47 Å². The van der Waals surface area contributed by atoms with E-state index in [9.17, 15) is 0 Å². The maximum atomic E-state index is 5.57. The van der Waals surface area contributed by atoms with Gasteiger partial charge in [0.05, 0.1) is 25.6 Å². The highest BCUT2D eigenvalue weighted by Gasteiger charge is 2.13. The van der Waals surface area contributed by atoms with Gasteiger partial charge in [0.15, 0.2) is 22.7 Å². The number of benzene rings is 2. The predicted molar refractivity (Wildman–Crippen MR) is 110 cm³/mol. The summed E-state index contributed by atoms with van der Waals surface area (Å²) in [5.41, 5.74) is 2.80. The van der Waals surface area contributed by atoms with Crippen LogP contribution in [0.2, 0.25) is 0 Å². The fraction of sp³-hybridized carbons (Fsp3) is 0.158. The number of fused-ring (bicyclic) bond motifs is 1. The lowest BCUT2D eigenvalue weighted by atomic mass is 10.2. The molecule has 1 N–H and O–H groups in total. The fourth-order valence-corrected chi connectivity index (χ4v) is 3.12. The van der Waals surface area contributed by atoms with Gasteiger partial charge in [-0.1, -0.05) is 27.2 Å². The summed E-state index contributed by atoms with van der Waals surface area (Å²) in [5, 5.41) is 11.6. The molecule has 4 aromatic rings. The van der Waals surface area contributed by atoms with E-state index in [0.717, 1.165) is 15.8 Å². The van der Waals surface area contributed by atoms with E-state index in [1.165, 1.54) is 0 Å². The van der Waals surface area contributed by atoms with Gasteiger partial charge in [0.1, 0.15) is 0 Å². The van der Waals surface area contributed by atoms with Gasteiger partial charge >= 0.3 is 0 Å². The number of rotatable bonds is 6. The van der Waals surface area contributed by atoms with E-state index in [1.807, 2.05) is 49.4 Å². The third kappa shape index (κ3) is 3.61. The molecule has 0 fully saturated rings. The van der Waals surface area contributed by atoms with Crippen LogP contribution in [0.5, 0.6) is 11.5 Å². The van der Waals surface area contributed by atoms with Gasteiger partial charge in [0.2, 0.25) is 5.95 Å². The largest absolute Gasteiger partial charge is 0.493 e. The van der Waals surface area contributed by atoms with Crippen molar-refractivity contribution in [3.8, 4) is 17.2 Å². The molecule has 142 valence electrons. The van der Waals surface area contributed by atoms with E-state index >= 15 is 0 Å². The zero-order valence-corrected chi connectivity index (χ0v) is 16.8. The highest BCUT2D eigenvalue weighted by atomic mass is 79.9. The predicted octanol–water partition coefficient (Wildman–Crippen LogP) is 4.12. The Morgan fingerprint density at radius 1 is 1.14 bits per heavy atom. The molecular weight excluding hydrogens is 424 g/mol. The van der Waals surface area contributed by atoms with Crippen LogP contribution in [-0.2, 0) is 0 Å². The highest BCUT2D eigenvalue weighted by Crippen LogP contribution is 2.30. The quantitative estimate of drug-likeness (QED) is 0.482. The van der Waals surface area contributed by atoms with E-state index in [4.69, 9.17) is 9.47 Å². The Kier molecular flexibility index (Phi) is 5.07. The number of anilines is 2. The molecule has 0 saturated carbocycles. The van der Waals surface area contributed by atoms with Crippen LogP contribution in [0.25, 0.3) is 16.9 Å². The molecule has 0 bridgehead atoms. The normalized spacial score (nSPS) is 10.8. The van der Waals surface area contributed by atoms with Gasteiger partial charge in [-0.15, -0.1) is 5.10 Å². The number of hydrogen-bond donors (Lipinski definition) is 1. The molecule has 8 nitrogen and oxygen atoms in total. The lowest BCUT2D eigenvalue weighted by Crippen LogP contribution is -2.02. The van der Waals surface area contributed by atoms with E-state index in [2.05, 4.69) is 41.5 Å². The average Bonchev–Trinajstić information content (AvgIpc) is 3.12. The van der Waals surface area contributed by atoms with Crippen LogP contribution in [-0.4, -0.2) is 38.7 Å². The van der Waals surface area contributed by atoms with Crippen LogP contribution in [0.1, 0.15) is 6.92 Å². The van der Waals surface area contributed by atoms with Crippen LogP contribution >= 0.6 is 15.9 Å². The van der Waals surface area contributed by atoms with Crippen molar-refractivity contribution in [2.75, 3.05) is 19.0 Å². The summed E-state index contributed by atoms with van der Waals surface area (Å²) < 4.78 is 13.6. The van der Waals surface area contributed by atoms with Crippen molar-refractivity contribution in [2.45, 2.75) is 6.92 Å². The minimum atomic E-state index is 0.451. The summed E-state index contributed by atoms with van der Waals surface area (Å²) >= 11 is 3.45. The van der Waals surface area contributed by atoms with Gasteiger partial charge < -0.3 is 14.8 Å². The Balaban J connectivity index is 1.72. The van der Waals surface area contributed by atoms with Gasteiger partial charge in [-0.2, -0.15) is 9.67 Å². The van der Waals surface area contributed by atoms with E-state index in [0.29, 0.717) is 35.2 Å². The minimum absolute atomic E-state index is 0.451. The number of halogens is 1. The lowest BCUT2D eigenvalue weighted by molar-refractivity contribution is 0.311. The Morgan fingerprint density at radius 3 is 2.82 bits per heavy atom.